The summed E-state index contributed by atoms with van der Waals surface area (Å²) < 4.78 is 0. The minimum Gasteiger partial charge on any atom is -0.384 e. The summed E-state index contributed by atoms with van der Waals surface area (Å²) in [6.45, 7) is 0.983. The lowest BCUT2D eigenvalue weighted by atomic mass is 9.83. The molecule has 2 nitrogen and oxygen atoms in total. The molecule has 1 saturated carbocycles. The summed E-state index contributed by atoms with van der Waals surface area (Å²) in [6, 6.07) is 8.31. The highest BCUT2D eigenvalue weighted by atomic mass is 32.2. The van der Waals surface area contributed by atoms with Crippen molar-refractivity contribution in [3.63, 3.8) is 0 Å². The molecule has 0 amide bonds. The van der Waals surface area contributed by atoms with Gasteiger partial charge in [-0.15, -0.1) is 11.8 Å². The predicted octanol–water partition coefficient (Wildman–Crippen LogP) is 3.88. The molecule has 0 heterocycles. The highest BCUT2D eigenvalue weighted by molar-refractivity contribution is 7.98. The number of rotatable bonds is 5. The van der Waals surface area contributed by atoms with E-state index in [9.17, 15) is 5.26 Å². The molecule has 0 spiro atoms. The quantitative estimate of drug-likeness (QED) is 0.801. The van der Waals surface area contributed by atoms with Crippen molar-refractivity contribution >= 4 is 17.4 Å². The van der Waals surface area contributed by atoms with Crippen LogP contribution in [0.5, 0.6) is 0 Å². The summed E-state index contributed by atoms with van der Waals surface area (Å²) >= 11 is 1.63. The molecule has 1 aliphatic rings. The zero-order chi connectivity index (χ0) is 12.1. The van der Waals surface area contributed by atoms with Crippen LogP contribution in [0, 0.1) is 17.2 Å². The van der Waals surface area contributed by atoms with Crippen LogP contribution in [0.2, 0.25) is 0 Å². The van der Waals surface area contributed by atoms with Crippen LogP contribution in [-0.4, -0.2) is 12.8 Å². The number of nitrogens with one attached hydrogen (secondary N) is 1. The molecule has 0 unspecified atom stereocenters. The largest absolute Gasteiger partial charge is 0.384 e. The fourth-order valence-electron chi connectivity index (χ4n) is 2.16. The van der Waals surface area contributed by atoms with Crippen LogP contribution in [0.15, 0.2) is 23.1 Å². The molecular formula is C14H18N2S. The predicted molar refractivity (Wildman–Crippen MR) is 73.4 cm³/mol. The summed E-state index contributed by atoms with van der Waals surface area (Å²) in [6.07, 6.45) is 7.41. The van der Waals surface area contributed by atoms with E-state index in [1.54, 1.807) is 11.8 Å². The summed E-state index contributed by atoms with van der Waals surface area (Å²) in [5.41, 5.74) is 1.77. The Morgan fingerprint density at radius 3 is 2.88 bits per heavy atom. The molecule has 3 heteroatoms. The lowest BCUT2D eigenvalue weighted by molar-refractivity contribution is 0.303. The molecule has 0 radical (unpaired) electrons. The third-order valence-corrected chi connectivity index (χ3v) is 4.23. The van der Waals surface area contributed by atoms with Crippen LogP contribution in [-0.2, 0) is 0 Å². The summed E-state index contributed by atoms with van der Waals surface area (Å²) in [5.74, 6) is 0.914. The average molecular weight is 246 g/mol. The number of hydrogen-bond acceptors (Lipinski definition) is 3. The van der Waals surface area contributed by atoms with E-state index in [4.69, 9.17) is 0 Å². The molecule has 1 N–H and O–H groups in total. The summed E-state index contributed by atoms with van der Waals surface area (Å²) in [4.78, 5) is 1.06. The number of hydrogen-bond donors (Lipinski definition) is 1. The van der Waals surface area contributed by atoms with Crippen LogP contribution >= 0.6 is 11.8 Å². The van der Waals surface area contributed by atoms with Gasteiger partial charge < -0.3 is 5.32 Å². The maximum absolute atomic E-state index is 9.19. The lowest BCUT2D eigenvalue weighted by Crippen LogP contribution is -2.15. The Morgan fingerprint density at radius 2 is 2.29 bits per heavy atom. The third kappa shape index (κ3) is 2.95. The molecule has 90 valence electrons. The van der Waals surface area contributed by atoms with Gasteiger partial charge in [-0.2, -0.15) is 5.26 Å². The van der Waals surface area contributed by atoms with Gasteiger partial charge in [0.25, 0.3) is 0 Å². The first-order valence-corrected chi connectivity index (χ1v) is 7.38. The van der Waals surface area contributed by atoms with E-state index in [1.807, 2.05) is 24.5 Å². The highest BCUT2D eigenvalue weighted by Gasteiger charge is 2.16. The summed E-state index contributed by atoms with van der Waals surface area (Å²) in [5, 5.41) is 12.6. The van der Waals surface area contributed by atoms with Gasteiger partial charge in [-0.05, 0) is 30.7 Å². The molecule has 0 aromatic heterocycles. The SMILES string of the molecule is CSc1cccc(NCCC2CCC2)c1C#N. The number of nitrogens with zero attached hydrogens (tertiary/aromatic N) is 1. The van der Waals surface area contributed by atoms with E-state index in [1.165, 1.54) is 25.7 Å². The Morgan fingerprint density at radius 1 is 1.47 bits per heavy atom. The van der Waals surface area contributed by atoms with Crippen molar-refractivity contribution in [1.29, 1.82) is 5.26 Å². The minimum absolute atomic E-state index is 0.786. The van der Waals surface area contributed by atoms with Crippen molar-refractivity contribution in [2.24, 2.45) is 5.92 Å². The summed E-state index contributed by atoms with van der Waals surface area (Å²) in [7, 11) is 0. The van der Waals surface area contributed by atoms with E-state index >= 15 is 0 Å². The van der Waals surface area contributed by atoms with Crippen LogP contribution in [0.4, 0.5) is 5.69 Å². The molecule has 1 aliphatic carbocycles. The van der Waals surface area contributed by atoms with E-state index in [-0.39, 0.29) is 0 Å². The Labute approximate surface area is 107 Å². The second kappa shape index (κ2) is 5.97. The van der Waals surface area contributed by atoms with Crippen LogP contribution in [0.3, 0.4) is 0 Å². The van der Waals surface area contributed by atoms with Crippen molar-refractivity contribution < 1.29 is 0 Å². The van der Waals surface area contributed by atoms with Gasteiger partial charge in [0.2, 0.25) is 0 Å². The van der Waals surface area contributed by atoms with E-state index < -0.39 is 0 Å². The van der Waals surface area contributed by atoms with E-state index in [0.29, 0.717) is 0 Å². The Balaban J connectivity index is 1.97. The Bertz CT molecular complexity index is 419. The zero-order valence-electron chi connectivity index (χ0n) is 10.2. The molecule has 0 aliphatic heterocycles. The van der Waals surface area contributed by atoms with Crippen molar-refractivity contribution in [3.05, 3.63) is 23.8 Å². The zero-order valence-corrected chi connectivity index (χ0v) is 11.0. The first-order valence-electron chi connectivity index (χ1n) is 6.16. The topological polar surface area (TPSA) is 35.8 Å². The molecule has 1 aromatic carbocycles. The fraction of sp³-hybridized carbons (Fsp3) is 0.500. The monoisotopic (exact) mass is 246 g/mol. The second-order valence-corrected chi connectivity index (χ2v) is 5.36. The van der Waals surface area contributed by atoms with Gasteiger partial charge >= 0.3 is 0 Å². The minimum atomic E-state index is 0.786. The van der Waals surface area contributed by atoms with Gasteiger partial charge in [-0.3, -0.25) is 0 Å². The molecule has 2 rings (SSSR count). The fourth-order valence-corrected chi connectivity index (χ4v) is 2.73. The molecule has 0 bridgehead atoms. The second-order valence-electron chi connectivity index (χ2n) is 4.51. The van der Waals surface area contributed by atoms with Gasteiger partial charge in [-0.1, -0.05) is 25.3 Å². The molecular weight excluding hydrogens is 228 g/mol. The van der Waals surface area contributed by atoms with Crippen molar-refractivity contribution in [3.8, 4) is 6.07 Å². The maximum Gasteiger partial charge on any atom is 0.102 e. The molecule has 1 fully saturated rings. The van der Waals surface area contributed by atoms with Gasteiger partial charge in [0, 0.05) is 11.4 Å². The standard InChI is InChI=1S/C14H18N2S/c1-17-14-7-3-6-13(12(14)10-15)16-9-8-11-4-2-5-11/h3,6-7,11,16H,2,4-5,8-9H2,1H3. The van der Waals surface area contributed by atoms with Gasteiger partial charge in [0.05, 0.1) is 11.3 Å². The molecule has 0 atom stereocenters. The Hall–Kier alpha value is -1.14. The number of nitriles is 1. The van der Waals surface area contributed by atoms with Crippen molar-refractivity contribution in [1.82, 2.24) is 0 Å². The van der Waals surface area contributed by atoms with Crippen LogP contribution in [0.1, 0.15) is 31.2 Å². The molecule has 17 heavy (non-hydrogen) atoms. The smallest absolute Gasteiger partial charge is 0.102 e. The first kappa shape index (κ1) is 12.3. The lowest BCUT2D eigenvalue weighted by Gasteiger charge is -2.25. The molecule has 1 aromatic rings. The van der Waals surface area contributed by atoms with Crippen LogP contribution < -0.4 is 5.32 Å². The molecule has 0 saturated heterocycles. The van der Waals surface area contributed by atoms with Crippen molar-refractivity contribution in [2.75, 3.05) is 18.1 Å². The van der Waals surface area contributed by atoms with Gasteiger partial charge in [0.1, 0.15) is 6.07 Å². The van der Waals surface area contributed by atoms with Crippen molar-refractivity contribution in [2.45, 2.75) is 30.6 Å². The number of benzene rings is 1. The normalized spacial score (nSPS) is 15.1. The average Bonchev–Trinajstić information content (AvgIpc) is 2.31. The first-order chi connectivity index (χ1) is 8.35. The highest BCUT2D eigenvalue weighted by Crippen LogP contribution is 2.30. The number of thioether (sulfide) groups is 1. The van der Waals surface area contributed by atoms with E-state index in [0.717, 1.165) is 28.6 Å². The Kier molecular flexibility index (Phi) is 4.33. The maximum atomic E-state index is 9.19. The van der Waals surface area contributed by atoms with Gasteiger partial charge in [-0.25, -0.2) is 0 Å². The van der Waals surface area contributed by atoms with Crippen LogP contribution in [0.25, 0.3) is 0 Å². The van der Waals surface area contributed by atoms with Gasteiger partial charge in [0.15, 0.2) is 0 Å². The number of anilines is 1. The van der Waals surface area contributed by atoms with E-state index in [2.05, 4.69) is 11.4 Å². The third-order valence-electron chi connectivity index (χ3n) is 3.45.